The topological polar surface area (TPSA) is 35.5 Å². The number of hydrogen-bond acceptors (Lipinski definition) is 3. The standard InChI is InChI=1S/C16H32O3Si/c1-13(10-11-14(17)19-15(2,3)4)12-18-20(8,9)16(5,6)7/h10-11,13H,12H2,1-9H3/t13-/m1/s1. The van der Waals surface area contributed by atoms with Gasteiger partial charge in [0.05, 0.1) is 0 Å². The van der Waals surface area contributed by atoms with E-state index in [4.69, 9.17) is 9.16 Å². The second kappa shape index (κ2) is 6.90. The molecule has 3 nitrogen and oxygen atoms in total. The van der Waals surface area contributed by atoms with Gasteiger partial charge in [-0.15, -0.1) is 0 Å². The van der Waals surface area contributed by atoms with Crippen molar-refractivity contribution in [2.24, 2.45) is 5.92 Å². The Labute approximate surface area is 125 Å². The predicted octanol–water partition coefficient (Wildman–Crippen LogP) is 4.54. The molecule has 0 unspecified atom stereocenters. The van der Waals surface area contributed by atoms with E-state index < -0.39 is 13.9 Å². The fourth-order valence-electron chi connectivity index (χ4n) is 1.19. The predicted molar refractivity (Wildman–Crippen MR) is 87.3 cm³/mol. The van der Waals surface area contributed by atoms with E-state index in [0.29, 0.717) is 6.61 Å². The van der Waals surface area contributed by atoms with Crippen molar-refractivity contribution < 1.29 is 14.0 Å². The maximum Gasteiger partial charge on any atom is 0.330 e. The molecule has 0 radical (unpaired) electrons. The van der Waals surface area contributed by atoms with E-state index in [-0.39, 0.29) is 16.9 Å². The first kappa shape index (κ1) is 19.4. The second-order valence-electron chi connectivity index (χ2n) is 7.94. The lowest BCUT2D eigenvalue weighted by Crippen LogP contribution is -2.41. The molecule has 4 heteroatoms. The van der Waals surface area contributed by atoms with Crippen molar-refractivity contribution in [3.05, 3.63) is 12.2 Å². The molecule has 1 atom stereocenters. The third-order valence-corrected chi connectivity index (χ3v) is 7.98. The summed E-state index contributed by atoms with van der Waals surface area (Å²) in [6, 6.07) is 0. The zero-order chi connectivity index (χ0) is 16.2. The van der Waals surface area contributed by atoms with Gasteiger partial charge in [0, 0.05) is 12.7 Å². The Morgan fingerprint density at radius 2 is 1.65 bits per heavy atom. The molecular weight excluding hydrogens is 268 g/mol. The van der Waals surface area contributed by atoms with Crippen molar-refractivity contribution in [3.8, 4) is 0 Å². The SMILES string of the molecule is C[C@H](C=CC(=O)OC(C)(C)C)CO[Si](C)(C)C(C)(C)C. The summed E-state index contributed by atoms with van der Waals surface area (Å²) in [4.78, 5) is 11.6. The van der Waals surface area contributed by atoms with Crippen molar-refractivity contribution in [2.75, 3.05) is 6.61 Å². The summed E-state index contributed by atoms with van der Waals surface area (Å²) in [5.41, 5.74) is -0.442. The normalized spacial score (nSPS) is 15.4. The fraction of sp³-hybridized carbons (Fsp3) is 0.812. The quantitative estimate of drug-likeness (QED) is 0.425. The Bertz CT molecular complexity index is 346. The summed E-state index contributed by atoms with van der Waals surface area (Å²) < 4.78 is 11.4. The summed E-state index contributed by atoms with van der Waals surface area (Å²) in [5, 5.41) is 0.210. The van der Waals surface area contributed by atoms with Crippen molar-refractivity contribution in [1.29, 1.82) is 0 Å². The van der Waals surface area contributed by atoms with Crippen LogP contribution in [0.4, 0.5) is 0 Å². The molecule has 0 aliphatic carbocycles. The third kappa shape index (κ3) is 7.85. The maximum absolute atomic E-state index is 11.6. The van der Waals surface area contributed by atoms with Crippen LogP contribution in [0.5, 0.6) is 0 Å². The molecule has 0 aliphatic rings. The van der Waals surface area contributed by atoms with Crippen LogP contribution in [0, 0.1) is 5.92 Å². The monoisotopic (exact) mass is 300 g/mol. The van der Waals surface area contributed by atoms with Gasteiger partial charge in [0.15, 0.2) is 8.32 Å². The van der Waals surface area contributed by atoms with Crippen molar-refractivity contribution >= 4 is 14.3 Å². The van der Waals surface area contributed by atoms with E-state index in [0.717, 1.165) is 0 Å². The molecule has 0 spiro atoms. The highest BCUT2D eigenvalue weighted by Gasteiger charge is 2.37. The minimum absolute atomic E-state index is 0.205. The van der Waals surface area contributed by atoms with Gasteiger partial charge in [-0.1, -0.05) is 33.8 Å². The Hall–Kier alpha value is -0.613. The molecule has 0 amide bonds. The van der Waals surface area contributed by atoms with Crippen LogP contribution in [-0.2, 0) is 14.0 Å². The van der Waals surface area contributed by atoms with E-state index in [1.54, 1.807) is 0 Å². The van der Waals surface area contributed by atoms with E-state index in [2.05, 4.69) is 33.9 Å². The first-order valence-corrected chi connectivity index (χ1v) is 10.2. The van der Waals surface area contributed by atoms with Crippen LogP contribution in [0.3, 0.4) is 0 Å². The minimum atomic E-state index is -1.71. The second-order valence-corrected chi connectivity index (χ2v) is 12.8. The molecule has 0 aromatic carbocycles. The average Bonchev–Trinajstić information content (AvgIpc) is 2.19. The molecule has 0 aromatic heterocycles. The van der Waals surface area contributed by atoms with E-state index in [1.807, 2.05) is 33.8 Å². The van der Waals surface area contributed by atoms with Gasteiger partial charge in [-0.05, 0) is 44.8 Å². The van der Waals surface area contributed by atoms with Gasteiger partial charge in [-0.25, -0.2) is 4.79 Å². The Balaban J connectivity index is 4.31. The van der Waals surface area contributed by atoms with Crippen LogP contribution < -0.4 is 0 Å². The summed E-state index contributed by atoms with van der Waals surface area (Å²) in [6.07, 6.45) is 3.37. The number of ether oxygens (including phenoxy) is 1. The molecular formula is C16H32O3Si. The van der Waals surface area contributed by atoms with Crippen LogP contribution >= 0.6 is 0 Å². The fourth-order valence-corrected chi connectivity index (χ4v) is 2.30. The lowest BCUT2D eigenvalue weighted by molar-refractivity contribution is -0.148. The van der Waals surface area contributed by atoms with E-state index >= 15 is 0 Å². The molecule has 118 valence electrons. The maximum atomic E-state index is 11.6. The zero-order valence-corrected chi connectivity index (χ0v) is 15.7. The summed E-state index contributed by atoms with van der Waals surface area (Å²) in [7, 11) is -1.71. The number of carbonyl (C=O) groups excluding carboxylic acids is 1. The van der Waals surface area contributed by atoms with Gasteiger partial charge in [-0.2, -0.15) is 0 Å². The van der Waals surface area contributed by atoms with E-state index in [1.165, 1.54) is 6.08 Å². The lowest BCUT2D eigenvalue weighted by atomic mass is 10.2. The highest BCUT2D eigenvalue weighted by molar-refractivity contribution is 6.74. The van der Waals surface area contributed by atoms with Gasteiger partial charge in [-0.3, -0.25) is 0 Å². The van der Waals surface area contributed by atoms with Crippen molar-refractivity contribution in [3.63, 3.8) is 0 Å². The molecule has 0 aliphatic heterocycles. The van der Waals surface area contributed by atoms with Crippen LogP contribution in [0.1, 0.15) is 48.5 Å². The highest BCUT2D eigenvalue weighted by atomic mass is 28.4. The number of rotatable bonds is 5. The van der Waals surface area contributed by atoms with Gasteiger partial charge in [0.25, 0.3) is 0 Å². The van der Waals surface area contributed by atoms with Crippen molar-refractivity contribution in [1.82, 2.24) is 0 Å². The number of hydrogen-bond donors (Lipinski definition) is 0. The molecule has 0 aromatic rings. The smallest absolute Gasteiger partial charge is 0.330 e. The van der Waals surface area contributed by atoms with Gasteiger partial charge >= 0.3 is 5.97 Å². The van der Waals surface area contributed by atoms with Gasteiger partial charge in [0.2, 0.25) is 0 Å². The van der Waals surface area contributed by atoms with Gasteiger partial charge in [0.1, 0.15) is 5.60 Å². The van der Waals surface area contributed by atoms with Crippen LogP contribution in [-0.4, -0.2) is 26.5 Å². The Kier molecular flexibility index (Phi) is 6.69. The summed E-state index contributed by atoms with van der Waals surface area (Å²) >= 11 is 0. The molecule has 0 fully saturated rings. The number of carbonyl (C=O) groups is 1. The van der Waals surface area contributed by atoms with Crippen LogP contribution in [0.15, 0.2) is 12.2 Å². The highest BCUT2D eigenvalue weighted by Crippen LogP contribution is 2.36. The van der Waals surface area contributed by atoms with Gasteiger partial charge < -0.3 is 9.16 Å². The lowest BCUT2D eigenvalue weighted by Gasteiger charge is -2.36. The van der Waals surface area contributed by atoms with E-state index in [9.17, 15) is 4.79 Å². The van der Waals surface area contributed by atoms with Crippen LogP contribution in [0.2, 0.25) is 18.1 Å². The molecule has 20 heavy (non-hydrogen) atoms. The number of esters is 1. The minimum Gasteiger partial charge on any atom is -0.457 e. The molecule has 0 saturated heterocycles. The largest absolute Gasteiger partial charge is 0.457 e. The average molecular weight is 301 g/mol. The Morgan fingerprint density at radius 3 is 2.05 bits per heavy atom. The first-order chi connectivity index (χ1) is 8.74. The Morgan fingerprint density at radius 1 is 1.15 bits per heavy atom. The summed E-state index contributed by atoms with van der Waals surface area (Å²) in [5.74, 6) is -0.0895. The molecule has 0 rings (SSSR count). The molecule has 0 N–H and O–H groups in total. The molecule has 0 heterocycles. The van der Waals surface area contributed by atoms with Crippen molar-refractivity contribution in [2.45, 2.75) is 72.2 Å². The first-order valence-electron chi connectivity index (χ1n) is 7.30. The van der Waals surface area contributed by atoms with Crippen LogP contribution in [0.25, 0.3) is 0 Å². The molecule has 0 bridgehead atoms. The molecule has 0 saturated carbocycles. The third-order valence-electron chi connectivity index (χ3n) is 3.48. The summed E-state index contributed by atoms with van der Waals surface area (Å²) in [6.45, 7) is 19.4. The zero-order valence-electron chi connectivity index (χ0n) is 14.7.